The molecule has 1 aliphatic rings. The molecule has 1 atom stereocenters. The maximum absolute atomic E-state index is 13.5. The summed E-state index contributed by atoms with van der Waals surface area (Å²) in [7, 11) is 1.85. The van der Waals surface area contributed by atoms with Gasteiger partial charge in [0.15, 0.2) is 5.82 Å². The van der Waals surface area contributed by atoms with Crippen LogP contribution in [0.5, 0.6) is 0 Å². The Morgan fingerprint density at radius 1 is 1.28 bits per heavy atom. The summed E-state index contributed by atoms with van der Waals surface area (Å²) in [6.45, 7) is 0. The highest BCUT2D eigenvalue weighted by atomic mass is 32.2. The molecule has 1 amide bonds. The third kappa shape index (κ3) is 3.98. The molecule has 0 fully saturated rings. The van der Waals surface area contributed by atoms with Crippen molar-refractivity contribution in [2.75, 3.05) is 18.6 Å². The SMILES string of the molecule is CN(C(=O)CSc1nnc(-c2cccc(F)c2)n1N)[C@H]1CCCc2ccccc21. The second-order valence-corrected chi connectivity index (χ2v) is 8.03. The Hall–Kier alpha value is -2.87. The van der Waals surface area contributed by atoms with Crippen molar-refractivity contribution in [2.45, 2.75) is 30.5 Å². The zero-order valence-corrected chi connectivity index (χ0v) is 16.9. The summed E-state index contributed by atoms with van der Waals surface area (Å²) in [5, 5.41) is 8.52. The van der Waals surface area contributed by atoms with Crippen LogP contribution < -0.4 is 5.84 Å². The first kappa shape index (κ1) is 19.4. The Labute approximate surface area is 172 Å². The molecular weight excluding hydrogens is 389 g/mol. The lowest BCUT2D eigenvalue weighted by molar-refractivity contribution is -0.129. The Bertz CT molecular complexity index is 1040. The van der Waals surface area contributed by atoms with Gasteiger partial charge in [0.05, 0.1) is 11.8 Å². The van der Waals surface area contributed by atoms with Gasteiger partial charge in [-0.1, -0.05) is 48.2 Å². The van der Waals surface area contributed by atoms with Crippen LogP contribution in [-0.4, -0.2) is 38.5 Å². The van der Waals surface area contributed by atoms with Gasteiger partial charge >= 0.3 is 0 Å². The molecule has 150 valence electrons. The van der Waals surface area contributed by atoms with Gasteiger partial charge in [0.1, 0.15) is 5.82 Å². The summed E-state index contributed by atoms with van der Waals surface area (Å²) in [5.74, 6) is 6.27. The van der Waals surface area contributed by atoms with Gasteiger partial charge in [0.2, 0.25) is 11.1 Å². The lowest BCUT2D eigenvalue weighted by Gasteiger charge is -2.33. The lowest BCUT2D eigenvalue weighted by Crippen LogP contribution is -2.34. The maximum Gasteiger partial charge on any atom is 0.233 e. The number of thioether (sulfide) groups is 1. The van der Waals surface area contributed by atoms with E-state index in [4.69, 9.17) is 5.84 Å². The van der Waals surface area contributed by atoms with Crippen LogP contribution in [0.15, 0.2) is 53.7 Å². The number of aryl methyl sites for hydroxylation is 1. The van der Waals surface area contributed by atoms with E-state index in [0.717, 1.165) is 19.3 Å². The highest BCUT2D eigenvalue weighted by Crippen LogP contribution is 2.34. The van der Waals surface area contributed by atoms with Crippen LogP contribution in [0.2, 0.25) is 0 Å². The molecule has 8 heteroatoms. The minimum atomic E-state index is -0.371. The summed E-state index contributed by atoms with van der Waals surface area (Å²) in [4.78, 5) is 14.6. The number of nitrogens with zero attached hydrogens (tertiary/aromatic N) is 4. The van der Waals surface area contributed by atoms with Crippen molar-refractivity contribution in [3.05, 3.63) is 65.5 Å². The fourth-order valence-corrected chi connectivity index (χ4v) is 4.51. The van der Waals surface area contributed by atoms with Gasteiger partial charge in [0, 0.05) is 12.6 Å². The monoisotopic (exact) mass is 411 g/mol. The van der Waals surface area contributed by atoms with Crippen molar-refractivity contribution in [3.63, 3.8) is 0 Å². The van der Waals surface area contributed by atoms with E-state index in [0.29, 0.717) is 16.5 Å². The average molecular weight is 412 g/mol. The van der Waals surface area contributed by atoms with Crippen molar-refractivity contribution in [3.8, 4) is 11.4 Å². The molecule has 0 bridgehead atoms. The second-order valence-electron chi connectivity index (χ2n) is 7.09. The van der Waals surface area contributed by atoms with Gasteiger partial charge in [-0.05, 0) is 42.5 Å². The standard InChI is InChI=1S/C21H22FN5OS/c1-26(18-11-5-7-14-6-2-3-10-17(14)18)19(28)13-29-21-25-24-20(27(21)23)15-8-4-9-16(22)12-15/h2-4,6,8-10,12,18H,5,7,11,13,23H2,1H3/t18-/m0/s1. The first-order valence-corrected chi connectivity index (χ1v) is 10.5. The van der Waals surface area contributed by atoms with Gasteiger partial charge < -0.3 is 10.7 Å². The van der Waals surface area contributed by atoms with E-state index in [-0.39, 0.29) is 23.5 Å². The molecule has 0 unspecified atom stereocenters. The zero-order valence-electron chi connectivity index (χ0n) is 16.1. The number of carbonyl (C=O) groups is 1. The van der Waals surface area contributed by atoms with E-state index in [1.807, 2.05) is 24.1 Å². The van der Waals surface area contributed by atoms with E-state index in [1.165, 1.54) is 39.7 Å². The number of nitrogens with two attached hydrogens (primary N) is 1. The Kier molecular flexibility index (Phi) is 5.53. The zero-order chi connectivity index (χ0) is 20.4. The maximum atomic E-state index is 13.5. The first-order chi connectivity index (χ1) is 14.0. The highest BCUT2D eigenvalue weighted by molar-refractivity contribution is 7.99. The van der Waals surface area contributed by atoms with Crippen molar-refractivity contribution in [1.82, 2.24) is 19.8 Å². The van der Waals surface area contributed by atoms with Crippen LogP contribution in [0.1, 0.15) is 30.0 Å². The fourth-order valence-electron chi connectivity index (χ4n) is 3.73. The molecule has 0 saturated heterocycles. The van der Waals surface area contributed by atoms with Gasteiger partial charge in [-0.25, -0.2) is 9.07 Å². The number of halogens is 1. The van der Waals surface area contributed by atoms with Crippen LogP contribution >= 0.6 is 11.8 Å². The number of nitrogen functional groups attached to an aromatic ring is 1. The van der Waals surface area contributed by atoms with Crippen molar-refractivity contribution < 1.29 is 9.18 Å². The normalized spacial score (nSPS) is 15.7. The number of hydrogen-bond acceptors (Lipinski definition) is 5. The number of rotatable bonds is 5. The molecular formula is C21H22FN5OS. The molecule has 0 spiro atoms. The summed E-state index contributed by atoms with van der Waals surface area (Å²) >= 11 is 1.23. The van der Waals surface area contributed by atoms with E-state index in [1.54, 1.807) is 12.1 Å². The lowest BCUT2D eigenvalue weighted by atomic mass is 9.87. The Morgan fingerprint density at radius 2 is 2.10 bits per heavy atom. The Balaban J connectivity index is 1.44. The van der Waals surface area contributed by atoms with Crippen LogP contribution in [0.3, 0.4) is 0 Å². The number of carbonyl (C=O) groups excluding carboxylic acids is 1. The largest absolute Gasteiger partial charge is 0.338 e. The van der Waals surface area contributed by atoms with Crippen LogP contribution in [-0.2, 0) is 11.2 Å². The smallest absolute Gasteiger partial charge is 0.233 e. The van der Waals surface area contributed by atoms with E-state index in [2.05, 4.69) is 22.3 Å². The van der Waals surface area contributed by atoms with E-state index < -0.39 is 0 Å². The van der Waals surface area contributed by atoms with Crippen molar-refractivity contribution >= 4 is 17.7 Å². The quantitative estimate of drug-likeness (QED) is 0.514. The van der Waals surface area contributed by atoms with E-state index >= 15 is 0 Å². The molecule has 0 aliphatic heterocycles. The second kappa shape index (κ2) is 8.24. The van der Waals surface area contributed by atoms with Crippen LogP contribution in [0.4, 0.5) is 4.39 Å². The molecule has 29 heavy (non-hydrogen) atoms. The van der Waals surface area contributed by atoms with E-state index in [9.17, 15) is 9.18 Å². The summed E-state index contributed by atoms with van der Waals surface area (Å²) < 4.78 is 14.8. The molecule has 3 aromatic rings. The summed E-state index contributed by atoms with van der Waals surface area (Å²) in [5.41, 5.74) is 3.08. The van der Waals surface area contributed by atoms with Gasteiger partial charge in [-0.3, -0.25) is 4.79 Å². The highest BCUT2D eigenvalue weighted by Gasteiger charge is 2.26. The van der Waals surface area contributed by atoms with Crippen molar-refractivity contribution in [2.24, 2.45) is 0 Å². The minimum absolute atomic E-state index is 0.00649. The number of amides is 1. The third-order valence-corrected chi connectivity index (χ3v) is 6.20. The molecule has 2 N–H and O–H groups in total. The van der Waals surface area contributed by atoms with Gasteiger partial charge in [-0.2, -0.15) is 0 Å². The number of fused-ring (bicyclic) bond motifs is 1. The molecule has 4 rings (SSSR count). The molecule has 1 heterocycles. The molecule has 6 nitrogen and oxygen atoms in total. The predicted molar refractivity (Wildman–Crippen MR) is 111 cm³/mol. The molecule has 1 aromatic heterocycles. The number of aromatic nitrogens is 3. The Morgan fingerprint density at radius 3 is 2.93 bits per heavy atom. The molecule has 0 saturated carbocycles. The summed E-state index contributed by atoms with van der Waals surface area (Å²) in [6, 6.07) is 14.4. The van der Waals surface area contributed by atoms with Crippen LogP contribution in [0, 0.1) is 5.82 Å². The number of hydrogen-bond donors (Lipinski definition) is 1. The minimum Gasteiger partial charge on any atom is -0.338 e. The van der Waals surface area contributed by atoms with Gasteiger partial charge in [-0.15, -0.1) is 10.2 Å². The fraction of sp³-hybridized carbons (Fsp3) is 0.286. The molecule has 0 radical (unpaired) electrons. The summed E-state index contributed by atoms with van der Waals surface area (Å²) in [6.07, 6.45) is 3.09. The van der Waals surface area contributed by atoms with Crippen LogP contribution in [0.25, 0.3) is 11.4 Å². The third-order valence-electron chi connectivity index (χ3n) is 5.27. The predicted octanol–water partition coefficient (Wildman–Crippen LogP) is 3.43. The first-order valence-electron chi connectivity index (χ1n) is 9.47. The molecule has 2 aromatic carbocycles. The topological polar surface area (TPSA) is 77.0 Å². The number of benzene rings is 2. The molecule has 1 aliphatic carbocycles. The average Bonchev–Trinajstić information content (AvgIpc) is 3.11. The van der Waals surface area contributed by atoms with Gasteiger partial charge in [0.25, 0.3) is 0 Å². The van der Waals surface area contributed by atoms with Crippen molar-refractivity contribution in [1.29, 1.82) is 0 Å².